The zero-order valence-electron chi connectivity index (χ0n) is 22.7. The van der Waals surface area contributed by atoms with E-state index in [1.165, 1.54) is 13.2 Å². The molecule has 2 heterocycles. The number of hydrogen-bond donors (Lipinski definition) is 0. The largest absolute Gasteiger partial charge is 0.497 e. The van der Waals surface area contributed by atoms with Crippen LogP contribution in [0.2, 0.25) is 0 Å². The number of aromatic nitrogens is 1. The van der Waals surface area contributed by atoms with Crippen molar-refractivity contribution >= 4 is 22.9 Å². The Bertz CT molecular complexity index is 1620. The standard InChI is InChI=1S/C30H29NO8/c1-7-37-29(33)24-16(3)25(30(34)38-8-2)27(31-17(24)4)26-22(36-6)14-13-20-21(32)15-23(39-28(20)26)18-9-11-19(35-5)12-10-18/h9-15H,7-8H2,1-6H3. The number of hydrogen-bond acceptors (Lipinski definition) is 9. The molecule has 0 unspecified atom stereocenters. The summed E-state index contributed by atoms with van der Waals surface area (Å²) in [4.78, 5) is 44.0. The van der Waals surface area contributed by atoms with Gasteiger partial charge in [0, 0.05) is 11.6 Å². The lowest BCUT2D eigenvalue weighted by molar-refractivity contribution is 0.0522. The van der Waals surface area contributed by atoms with Crippen LogP contribution < -0.4 is 14.9 Å². The van der Waals surface area contributed by atoms with Gasteiger partial charge in [-0.1, -0.05) is 0 Å². The molecule has 4 rings (SSSR count). The monoisotopic (exact) mass is 531 g/mol. The number of carbonyl (C=O) groups excluding carboxylic acids is 2. The molecule has 2 aromatic heterocycles. The van der Waals surface area contributed by atoms with Gasteiger partial charge >= 0.3 is 11.9 Å². The van der Waals surface area contributed by atoms with Gasteiger partial charge in [-0.25, -0.2) is 9.59 Å². The van der Waals surface area contributed by atoms with Gasteiger partial charge < -0.3 is 23.4 Å². The third kappa shape index (κ3) is 5.07. The van der Waals surface area contributed by atoms with Crippen molar-refractivity contribution in [2.24, 2.45) is 0 Å². The van der Waals surface area contributed by atoms with Crippen LogP contribution in [0.4, 0.5) is 0 Å². The van der Waals surface area contributed by atoms with Gasteiger partial charge in [0.05, 0.1) is 60.9 Å². The molecule has 0 atom stereocenters. The van der Waals surface area contributed by atoms with Crippen LogP contribution in [0.1, 0.15) is 45.8 Å². The zero-order valence-corrected chi connectivity index (χ0v) is 22.7. The molecule has 0 N–H and O–H groups in total. The minimum Gasteiger partial charge on any atom is -0.497 e. The molecule has 0 saturated heterocycles. The summed E-state index contributed by atoms with van der Waals surface area (Å²) in [5.74, 6) is -0.0107. The first-order valence-electron chi connectivity index (χ1n) is 12.4. The Balaban J connectivity index is 2.10. The van der Waals surface area contributed by atoms with E-state index >= 15 is 0 Å². The average Bonchev–Trinajstić information content (AvgIpc) is 2.92. The van der Waals surface area contributed by atoms with Crippen LogP contribution in [0, 0.1) is 13.8 Å². The molecule has 0 fully saturated rings. The molecule has 0 aliphatic carbocycles. The van der Waals surface area contributed by atoms with Crippen molar-refractivity contribution < 1.29 is 33.0 Å². The van der Waals surface area contributed by atoms with Crippen molar-refractivity contribution in [1.29, 1.82) is 0 Å². The van der Waals surface area contributed by atoms with Gasteiger partial charge in [-0.2, -0.15) is 0 Å². The maximum atomic E-state index is 13.3. The summed E-state index contributed by atoms with van der Waals surface area (Å²) in [5.41, 5.74) is 1.86. The van der Waals surface area contributed by atoms with Gasteiger partial charge in [0.15, 0.2) is 11.0 Å². The number of methoxy groups -OCH3 is 2. The number of pyridine rings is 1. The zero-order chi connectivity index (χ0) is 28.3. The number of aryl methyl sites for hydroxylation is 1. The molecule has 9 nitrogen and oxygen atoms in total. The Hall–Kier alpha value is -4.66. The van der Waals surface area contributed by atoms with E-state index in [0.29, 0.717) is 34.1 Å². The van der Waals surface area contributed by atoms with E-state index in [2.05, 4.69) is 4.98 Å². The van der Waals surface area contributed by atoms with Crippen molar-refractivity contribution in [2.75, 3.05) is 27.4 Å². The minimum absolute atomic E-state index is 0.0498. The third-order valence-corrected chi connectivity index (χ3v) is 6.28. The molecule has 2 aromatic carbocycles. The molecule has 202 valence electrons. The number of rotatable bonds is 8. The lowest BCUT2D eigenvalue weighted by Crippen LogP contribution is -2.18. The Kier molecular flexibility index (Phi) is 7.99. The summed E-state index contributed by atoms with van der Waals surface area (Å²) in [6.07, 6.45) is 0. The molecule has 0 saturated carbocycles. The van der Waals surface area contributed by atoms with Crippen LogP contribution >= 0.6 is 0 Å². The molecule has 4 aromatic rings. The molecule has 0 spiro atoms. The predicted octanol–water partition coefficient (Wildman–Crippen LogP) is 5.51. The molecule has 0 amide bonds. The number of nitrogens with zero attached hydrogens (tertiary/aromatic N) is 1. The molecular weight excluding hydrogens is 502 g/mol. The van der Waals surface area contributed by atoms with Crippen LogP contribution in [0.5, 0.6) is 11.5 Å². The second kappa shape index (κ2) is 11.4. The van der Waals surface area contributed by atoms with Crippen LogP contribution in [0.25, 0.3) is 33.6 Å². The van der Waals surface area contributed by atoms with E-state index in [1.54, 1.807) is 71.2 Å². The highest BCUT2D eigenvalue weighted by Crippen LogP contribution is 2.40. The van der Waals surface area contributed by atoms with E-state index in [0.717, 1.165) is 0 Å². The molecule has 39 heavy (non-hydrogen) atoms. The normalized spacial score (nSPS) is 10.8. The van der Waals surface area contributed by atoms with Crippen molar-refractivity contribution in [3.05, 3.63) is 75.1 Å². The first-order chi connectivity index (χ1) is 18.7. The molecule has 9 heteroatoms. The summed E-state index contributed by atoms with van der Waals surface area (Å²) in [6.45, 7) is 6.91. The number of fused-ring (bicyclic) bond motifs is 1. The van der Waals surface area contributed by atoms with E-state index < -0.39 is 11.9 Å². The lowest BCUT2D eigenvalue weighted by Gasteiger charge is -2.19. The summed E-state index contributed by atoms with van der Waals surface area (Å²) < 4.78 is 27.8. The fourth-order valence-electron chi connectivity index (χ4n) is 4.48. The number of carbonyl (C=O) groups is 2. The summed E-state index contributed by atoms with van der Waals surface area (Å²) in [5, 5.41) is 0.268. The van der Waals surface area contributed by atoms with Crippen LogP contribution in [0.3, 0.4) is 0 Å². The van der Waals surface area contributed by atoms with E-state index in [9.17, 15) is 14.4 Å². The molecule has 0 radical (unpaired) electrons. The highest BCUT2D eigenvalue weighted by atomic mass is 16.5. The SMILES string of the molecule is CCOC(=O)c1c(C)nc(-c2c(OC)ccc3c(=O)cc(-c4ccc(OC)cc4)oc23)c(C(=O)OCC)c1C. The summed E-state index contributed by atoms with van der Waals surface area (Å²) in [7, 11) is 3.03. The molecule has 0 bridgehead atoms. The van der Waals surface area contributed by atoms with Crippen molar-refractivity contribution in [2.45, 2.75) is 27.7 Å². The second-order valence-electron chi connectivity index (χ2n) is 8.58. The van der Waals surface area contributed by atoms with E-state index in [1.807, 2.05) is 0 Å². The molecular formula is C30H29NO8. The predicted molar refractivity (Wildman–Crippen MR) is 146 cm³/mol. The van der Waals surface area contributed by atoms with Crippen LogP contribution in [-0.4, -0.2) is 44.4 Å². The Labute approximate surface area is 225 Å². The van der Waals surface area contributed by atoms with Crippen LogP contribution in [-0.2, 0) is 9.47 Å². The highest BCUT2D eigenvalue weighted by Gasteiger charge is 2.30. The summed E-state index contributed by atoms with van der Waals surface area (Å²) >= 11 is 0. The van der Waals surface area contributed by atoms with Gasteiger partial charge in [0.2, 0.25) is 0 Å². The minimum atomic E-state index is -0.684. The number of ether oxygens (including phenoxy) is 4. The smallest absolute Gasteiger partial charge is 0.340 e. The van der Waals surface area contributed by atoms with Gasteiger partial charge in [0.1, 0.15) is 17.3 Å². The van der Waals surface area contributed by atoms with Crippen LogP contribution in [0.15, 0.2) is 51.7 Å². The average molecular weight is 532 g/mol. The van der Waals surface area contributed by atoms with Crippen molar-refractivity contribution in [3.63, 3.8) is 0 Å². The van der Waals surface area contributed by atoms with Crippen molar-refractivity contribution in [3.8, 4) is 34.1 Å². The summed E-state index contributed by atoms with van der Waals surface area (Å²) in [6, 6.07) is 11.7. The third-order valence-electron chi connectivity index (χ3n) is 6.28. The Morgan fingerprint density at radius 2 is 1.51 bits per heavy atom. The highest BCUT2D eigenvalue weighted by molar-refractivity contribution is 6.06. The first kappa shape index (κ1) is 27.4. The topological polar surface area (TPSA) is 114 Å². The maximum absolute atomic E-state index is 13.3. The quantitative estimate of drug-likeness (QED) is 0.272. The Morgan fingerprint density at radius 1 is 0.872 bits per heavy atom. The lowest BCUT2D eigenvalue weighted by atomic mass is 9.94. The second-order valence-corrected chi connectivity index (χ2v) is 8.58. The fourth-order valence-corrected chi connectivity index (χ4v) is 4.48. The fraction of sp³-hybridized carbons (Fsp3) is 0.267. The molecule has 0 aliphatic heterocycles. The first-order valence-corrected chi connectivity index (χ1v) is 12.4. The maximum Gasteiger partial charge on any atom is 0.340 e. The number of benzene rings is 2. The number of esters is 2. The van der Waals surface area contributed by atoms with Gasteiger partial charge in [-0.05, 0) is 69.7 Å². The van der Waals surface area contributed by atoms with Gasteiger partial charge in [0.25, 0.3) is 0 Å². The van der Waals surface area contributed by atoms with Gasteiger partial charge in [-0.3, -0.25) is 9.78 Å². The van der Waals surface area contributed by atoms with E-state index in [-0.39, 0.29) is 52.0 Å². The van der Waals surface area contributed by atoms with E-state index in [4.69, 9.17) is 23.4 Å². The van der Waals surface area contributed by atoms with Gasteiger partial charge in [-0.15, -0.1) is 0 Å². The van der Waals surface area contributed by atoms with Crippen molar-refractivity contribution in [1.82, 2.24) is 4.98 Å². The Morgan fingerprint density at radius 3 is 2.10 bits per heavy atom. The molecule has 0 aliphatic rings.